The second kappa shape index (κ2) is 7.32. The summed E-state index contributed by atoms with van der Waals surface area (Å²) in [5.41, 5.74) is 1.39. The van der Waals surface area contributed by atoms with Gasteiger partial charge in [0, 0.05) is 16.0 Å². The molecule has 136 valence electrons. The predicted molar refractivity (Wildman–Crippen MR) is 112 cm³/mol. The molecule has 0 aliphatic rings. The van der Waals surface area contributed by atoms with Gasteiger partial charge in [-0.1, -0.05) is 48.5 Å². The maximum absolute atomic E-state index is 13.0. The molecule has 0 unspecified atom stereocenters. The highest BCUT2D eigenvalue weighted by Gasteiger charge is 2.23. The molecule has 2 aromatic carbocycles. The number of benzene rings is 2. The SMILES string of the molecule is O=S(=O)(c1ccccc1)n1cc(I)c2c(OCc3ccccc3)ccnc21. The standard InChI is InChI=1S/C20H15IN2O3S/c21-17-13-23(27(24,25)16-9-5-2-6-10-16)20-19(17)18(11-12-22-20)26-14-15-7-3-1-4-8-15/h1-13H,14H2. The third-order valence-corrected chi connectivity index (χ3v) is 6.59. The molecule has 0 bridgehead atoms. The Hall–Kier alpha value is -2.39. The average Bonchev–Trinajstić information content (AvgIpc) is 3.06. The Morgan fingerprint density at radius 2 is 1.63 bits per heavy atom. The van der Waals surface area contributed by atoms with Crippen molar-refractivity contribution in [3.05, 3.63) is 88.3 Å². The van der Waals surface area contributed by atoms with Gasteiger partial charge < -0.3 is 4.74 Å². The Bertz CT molecular complexity index is 1190. The lowest BCUT2D eigenvalue weighted by atomic mass is 10.2. The predicted octanol–water partition coefficient (Wildman–Crippen LogP) is 4.46. The van der Waals surface area contributed by atoms with Crippen LogP contribution in [0.15, 0.2) is 84.0 Å². The summed E-state index contributed by atoms with van der Waals surface area (Å²) in [5.74, 6) is 0.607. The van der Waals surface area contributed by atoms with Crippen LogP contribution in [0.4, 0.5) is 0 Å². The van der Waals surface area contributed by atoms with Crippen LogP contribution in [-0.2, 0) is 16.6 Å². The van der Waals surface area contributed by atoms with Crippen LogP contribution >= 0.6 is 22.6 Å². The molecule has 0 N–H and O–H groups in total. The van der Waals surface area contributed by atoms with Crippen LogP contribution in [0.3, 0.4) is 0 Å². The molecule has 0 aliphatic carbocycles. The first-order chi connectivity index (χ1) is 13.1. The Labute approximate surface area is 170 Å². The molecule has 0 amide bonds. The first-order valence-electron chi connectivity index (χ1n) is 8.20. The van der Waals surface area contributed by atoms with Crippen LogP contribution in [0, 0.1) is 3.57 Å². The van der Waals surface area contributed by atoms with Crippen molar-refractivity contribution in [3.63, 3.8) is 0 Å². The minimum atomic E-state index is -3.73. The normalized spacial score (nSPS) is 11.6. The summed E-state index contributed by atoms with van der Waals surface area (Å²) in [4.78, 5) is 4.53. The van der Waals surface area contributed by atoms with E-state index in [-0.39, 0.29) is 4.90 Å². The molecule has 5 nitrogen and oxygen atoms in total. The van der Waals surface area contributed by atoms with Gasteiger partial charge in [-0.2, -0.15) is 0 Å². The fourth-order valence-corrected chi connectivity index (χ4v) is 5.11. The molecule has 0 aliphatic heterocycles. The molecular formula is C20H15IN2O3S. The lowest BCUT2D eigenvalue weighted by Crippen LogP contribution is -2.12. The molecule has 0 saturated heterocycles. The van der Waals surface area contributed by atoms with Crippen LogP contribution in [0.2, 0.25) is 0 Å². The van der Waals surface area contributed by atoms with Gasteiger partial charge in [0.2, 0.25) is 0 Å². The summed E-state index contributed by atoms with van der Waals surface area (Å²) in [7, 11) is -3.73. The molecule has 0 radical (unpaired) electrons. The molecule has 2 aromatic heterocycles. The number of rotatable bonds is 5. The van der Waals surface area contributed by atoms with Gasteiger partial charge in [0.05, 0.1) is 10.3 Å². The summed E-state index contributed by atoms with van der Waals surface area (Å²) >= 11 is 2.11. The van der Waals surface area contributed by atoms with E-state index in [0.717, 1.165) is 9.13 Å². The Morgan fingerprint density at radius 1 is 0.963 bits per heavy atom. The highest BCUT2D eigenvalue weighted by Crippen LogP contribution is 2.32. The van der Waals surface area contributed by atoms with Crippen LogP contribution in [0.5, 0.6) is 5.75 Å². The van der Waals surface area contributed by atoms with E-state index in [4.69, 9.17) is 4.74 Å². The van der Waals surface area contributed by atoms with Crippen molar-refractivity contribution < 1.29 is 13.2 Å². The van der Waals surface area contributed by atoms with Crippen molar-refractivity contribution in [2.45, 2.75) is 11.5 Å². The number of ether oxygens (including phenoxy) is 1. The van der Waals surface area contributed by atoms with Crippen LogP contribution in [0.25, 0.3) is 11.0 Å². The molecule has 0 saturated carbocycles. The smallest absolute Gasteiger partial charge is 0.269 e. The Morgan fingerprint density at radius 3 is 2.33 bits per heavy atom. The zero-order valence-electron chi connectivity index (χ0n) is 14.1. The van der Waals surface area contributed by atoms with E-state index in [1.54, 1.807) is 48.8 Å². The highest BCUT2D eigenvalue weighted by molar-refractivity contribution is 14.1. The van der Waals surface area contributed by atoms with E-state index in [2.05, 4.69) is 27.6 Å². The lowest BCUT2D eigenvalue weighted by Gasteiger charge is -2.09. The summed E-state index contributed by atoms with van der Waals surface area (Å²) in [6, 6.07) is 19.9. The average molecular weight is 490 g/mol. The Kier molecular flexibility index (Phi) is 4.88. The first kappa shape index (κ1) is 18.0. The minimum absolute atomic E-state index is 0.218. The third kappa shape index (κ3) is 3.44. The number of hydrogen-bond donors (Lipinski definition) is 0. The molecular weight excluding hydrogens is 475 g/mol. The second-order valence-corrected chi connectivity index (χ2v) is 8.85. The largest absolute Gasteiger partial charge is 0.488 e. The molecule has 7 heteroatoms. The molecule has 0 fully saturated rings. The number of nitrogens with zero attached hydrogens (tertiary/aromatic N) is 2. The monoisotopic (exact) mass is 490 g/mol. The maximum Gasteiger partial charge on any atom is 0.269 e. The fourth-order valence-electron chi connectivity index (χ4n) is 2.80. The molecule has 0 spiro atoms. The van der Waals surface area contributed by atoms with Crippen molar-refractivity contribution in [1.82, 2.24) is 8.96 Å². The quantitative estimate of drug-likeness (QED) is 0.388. The van der Waals surface area contributed by atoms with Crippen LogP contribution < -0.4 is 4.74 Å². The van der Waals surface area contributed by atoms with Crippen molar-refractivity contribution in [1.29, 1.82) is 0 Å². The van der Waals surface area contributed by atoms with Gasteiger partial charge in [0.25, 0.3) is 10.0 Å². The van der Waals surface area contributed by atoms with Gasteiger partial charge in [-0.25, -0.2) is 17.4 Å². The van der Waals surface area contributed by atoms with E-state index >= 15 is 0 Å². The molecule has 0 atom stereocenters. The van der Waals surface area contributed by atoms with E-state index < -0.39 is 10.0 Å². The zero-order chi connectivity index (χ0) is 18.9. The number of fused-ring (bicyclic) bond motifs is 1. The summed E-state index contributed by atoms with van der Waals surface area (Å²) in [6.07, 6.45) is 3.14. The van der Waals surface area contributed by atoms with Crippen molar-refractivity contribution in [2.24, 2.45) is 0 Å². The van der Waals surface area contributed by atoms with E-state index in [0.29, 0.717) is 23.4 Å². The lowest BCUT2D eigenvalue weighted by molar-refractivity contribution is 0.310. The second-order valence-electron chi connectivity index (χ2n) is 5.87. The van der Waals surface area contributed by atoms with Gasteiger partial charge in [0.15, 0.2) is 5.65 Å². The van der Waals surface area contributed by atoms with Crippen molar-refractivity contribution >= 4 is 43.6 Å². The summed E-state index contributed by atoms with van der Waals surface area (Å²) in [5, 5.41) is 0.688. The number of pyridine rings is 1. The van der Waals surface area contributed by atoms with Gasteiger partial charge in [-0.3, -0.25) is 0 Å². The third-order valence-electron chi connectivity index (χ3n) is 4.11. The fraction of sp³-hybridized carbons (Fsp3) is 0.0500. The molecule has 4 aromatic rings. The van der Waals surface area contributed by atoms with Crippen LogP contribution in [-0.4, -0.2) is 17.4 Å². The van der Waals surface area contributed by atoms with Crippen LogP contribution in [0.1, 0.15) is 5.56 Å². The molecule has 2 heterocycles. The number of hydrogen-bond acceptors (Lipinski definition) is 4. The summed E-state index contributed by atoms with van der Waals surface area (Å²) < 4.78 is 34.0. The van der Waals surface area contributed by atoms with Crippen molar-refractivity contribution in [2.75, 3.05) is 0 Å². The highest BCUT2D eigenvalue weighted by atomic mass is 127. The van der Waals surface area contributed by atoms with E-state index in [1.165, 1.54) is 3.97 Å². The first-order valence-corrected chi connectivity index (χ1v) is 10.7. The summed E-state index contributed by atoms with van der Waals surface area (Å²) in [6.45, 7) is 0.395. The molecule has 27 heavy (non-hydrogen) atoms. The zero-order valence-corrected chi connectivity index (χ0v) is 17.1. The Balaban J connectivity index is 1.77. The number of aromatic nitrogens is 2. The van der Waals surface area contributed by atoms with E-state index in [9.17, 15) is 8.42 Å². The minimum Gasteiger partial charge on any atom is -0.488 e. The number of halogens is 1. The van der Waals surface area contributed by atoms with Gasteiger partial charge in [-0.05, 0) is 46.4 Å². The molecule has 4 rings (SSSR count). The van der Waals surface area contributed by atoms with E-state index in [1.807, 2.05) is 30.3 Å². The van der Waals surface area contributed by atoms with Gasteiger partial charge in [-0.15, -0.1) is 0 Å². The maximum atomic E-state index is 13.0. The van der Waals surface area contributed by atoms with Crippen molar-refractivity contribution in [3.8, 4) is 5.75 Å². The van der Waals surface area contributed by atoms with Gasteiger partial charge in [0.1, 0.15) is 12.4 Å². The topological polar surface area (TPSA) is 61.2 Å². The van der Waals surface area contributed by atoms with Gasteiger partial charge >= 0.3 is 0 Å².